The first-order valence-corrected chi connectivity index (χ1v) is 5.24. The number of carboxylic acid groups (broad SMARTS) is 1. The Hall–Kier alpha value is -1.49. The minimum absolute atomic E-state index is 0.155. The Kier molecular flexibility index (Phi) is 3.74. The molecule has 0 bridgehead atoms. The molecule has 0 fully saturated rings. The second kappa shape index (κ2) is 4.84. The van der Waals surface area contributed by atoms with E-state index in [0.717, 1.165) is 4.90 Å². The van der Waals surface area contributed by atoms with E-state index in [1.165, 1.54) is 11.8 Å². The Bertz CT molecular complexity index is 404. The summed E-state index contributed by atoms with van der Waals surface area (Å²) in [6, 6.07) is 5.04. The molecular formula is C10H11NO3S. The van der Waals surface area contributed by atoms with Gasteiger partial charge in [-0.15, -0.1) is 11.8 Å². The van der Waals surface area contributed by atoms with Crippen molar-refractivity contribution < 1.29 is 14.7 Å². The van der Waals surface area contributed by atoms with E-state index in [2.05, 4.69) is 0 Å². The number of primary amides is 1. The zero-order chi connectivity index (χ0) is 11.4. The van der Waals surface area contributed by atoms with Crippen LogP contribution in [0.4, 0.5) is 0 Å². The van der Waals surface area contributed by atoms with Crippen LogP contribution in [0.25, 0.3) is 0 Å². The zero-order valence-corrected chi connectivity index (χ0v) is 9.00. The molecule has 0 radical (unpaired) electrons. The van der Waals surface area contributed by atoms with Crippen molar-refractivity contribution in [2.75, 3.05) is 5.75 Å². The predicted molar refractivity (Wildman–Crippen MR) is 58.1 cm³/mol. The van der Waals surface area contributed by atoms with Gasteiger partial charge in [0.1, 0.15) is 0 Å². The van der Waals surface area contributed by atoms with E-state index in [-0.39, 0.29) is 11.3 Å². The zero-order valence-electron chi connectivity index (χ0n) is 8.19. The lowest BCUT2D eigenvalue weighted by atomic mass is 10.1. The van der Waals surface area contributed by atoms with Crippen LogP contribution in [0.1, 0.15) is 15.9 Å². The fourth-order valence-electron chi connectivity index (χ4n) is 1.08. The van der Waals surface area contributed by atoms with Gasteiger partial charge in [-0.05, 0) is 24.6 Å². The van der Waals surface area contributed by atoms with Crippen molar-refractivity contribution in [3.05, 3.63) is 29.3 Å². The molecule has 0 aliphatic heterocycles. The molecule has 3 N–H and O–H groups in total. The third-order valence-corrected chi connectivity index (χ3v) is 2.84. The second-order valence-electron chi connectivity index (χ2n) is 3.04. The highest BCUT2D eigenvalue weighted by molar-refractivity contribution is 8.00. The number of benzene rings is 1. The lowest BCUT2D eigenvalue weighted by Gasteiger charge is -2.03. The van der Waals surface area contributed by atoms with Crippen LogP contribution in [0.5, 0.6) is 0 Å². The first kappa shape index (κ1) is 11.6. The minimum Gasteiger partial charge on any atom is -0.478 e. The van der Waals surface area contributed by atoms with Gasteiger partial charge in [0.25, 0.3) is 0 Å². The summed E-state index contributed by atoms with van der Waals surface area (Å²) in [7, 11) is 0. The number of rotatable bonds is 4. The van der Waals surface area contributed by atoms with E-state index < -0.39 is 11.9 Å². The normalized spacial score (nSPS) is 9.93. The van der Waals surface area contributed by atoms with Gasteiger partial charge in [0.15, 0.2) is 0 Å². The van der Waals surface area contributed by atoms with Crippen molar-refractivity contribution >= 4 is 23.6 Å². The largest absolute Gasteiger partial charge is 0.478 e. The number of carbonyl (C=O) groups excluding carboxylic acids is 1. The van der Waals surface area contributed by atoms with Crippen LogP contribution in [-0.4, -0.2) is 22.7 Å². The number of aryl methyl sites for hydroxylation is 1. The van der Waals surface area contributed by atoms with E-state index in [1.807, 2.05) is 0 Å². The Balaban J connectivity index is 2.87. The van der Waals surface area contributed by atoms with Gasteiger partial charge in [0, 0.05) is 4.90 Å². The van der Waals surface area contributed by atoms with Crippen molar-refractivity contribution in [2.24, 2.45) is 5.73 Å². The molecule has 1 amide bonds. The predicted octanol–water partition coefficient (Wildman–Crippen LogP) is 1.27. The second-order valence-corrected chi connectivity index (χ2v) is 4.09. The number of thioether (sulfide) groups is 1. The van der Waals surface area contributed by atoms with Crippen LogP contribution < -0.4 is 5.73 Å². The van der Waals surface area contributed by atoms with Gasteiger partial charge in [-0.2, -0.15) is 0 Å². The number of carboxylic acids is 1. The maximum Gasteiger partial charge on any atom is 0.335 e. The van der Waals surface area contributed by atoms with Gasteiger partial charge < -0.3 is 10.8 Å². The maximum atomic E-state index is 10.8. The molecule has 5 heteroatoms. The molecule has 0 aromatic heterocycles. The van der Waals surface area contributed by atoms with Gasteiger partial charge in [0.2, 0.25) is 5.91 Å². The third kappa shape index (κ3) is 3.28. The van der Waals surface area contributed by atoms with E-state index in [4.69, 9.17) is 10.8 Å². The molecule has 0 aliphatic carbocycles. The standard InChI is InChI=1S/C10H11NO3S/c1-6-2-3-7(15-5-9(11)12)4-8(6)10(13)14/h2-4H,5H2,1H3,(H2,11,12)(H,13,14). The van der Waals surface area contributed by atoms with Gasteiger partial charge in [-0.1, -0.05) is 6.07 Å². The number of amides is 1. The van der Waals surface area contributed by atoms with Gasteiger partial charge in [-0.25, -0.2) is 4.79 Å². The molecule has 4 nitrogen and oxygen atoms in total. The lowest BCUT2D eigenvalue weighted by Crippen LogP contribution is -2.13. The fraction of sp³-hybridized carbons (Fsp3) is 0.200. The number of hydrogen-bond acceptors (Lipinski definition) is 3. The summed E-state index contributed by atoms with van der Waals surface area (Å²) < 4.78 is 0. The molecule has 80 valence electrons. The molecule has 1 rings (SSSR count). The highest BCUT2D eigenvalue weighted by Gasteiger charge is 2.08. The maximum absolute atomic E-state index is 10.8. The van der Waals surface area contributed by atoms with Gasteiger partial charge in [0.05, 0.1) is 11.3 Å². The van der Waals surface area contributed by atoms with Crippen LogP contribution in [0.3, 0.4) is 0 Å². The SMILES string of the molecule is Cc1ccc(SCC(N)=O)cc1C(=O)O. The monoisotopic (exact) mass is 225 g/mol. The topological polar surface area (TPSA) is 80.4 Å². The Morgan fingerprint density at radius 2 is 2.13 bits per heavy atom. The summed E-state index contributed by atoms with van der Waals surface area (Å²) >= 11 is 1.23. The van der Waals surface area contributed by atoms with Crippen molar-refractivity contribution in [1.29, 1.82) is 0 Å². The molecule has 0 saturated heterocycles. The summed E-state index contributed by atoms with van der Waals surface area (Å²) in [4.78, 5) is 22.1. The van der Waals surface area contributed by atoms with E-state index in [1.54, 1.807) is 25.1 Å². The number of aromatic carboxylic acids is 1. The summed E-state index contributed by atoms with van der Waals surface area (Å²) in [5.41, 5.74) is 5.95. The summed E-state index contributed by atoms with van der Waals surface area (Å²) in [5.74, 6) is -1.23. The third-order valence-electron chi connectivity index (χ3n) is 1.82. The lowest BCUT2D eigenvalue weighted by molar-refractivity contribution is -0.115. The highest BCUT2D eigenvalue weighted by atomic mass is 32.2. The van der Waals surface area contributed by atoms with Crippen LogP contribution in [0, 0.1) is 6.92 Å². The number of hydrogen-bond donors (Lipinski definition) is 2. The van der Waals surface area contributed by atoms with Crippen LogP contribution in [0.2, 0.25) is 0 Å². The minimum atomic E-state index is -0.964. The molecule has 0 spiro atoms. The molecule has 1 aromatic rings. The summed E-state index contributed by atoms with van der Waals surface area (Å²) in [6.45, 7) is 1.73. The first-order valence-electron chi connectivity index (χ1n) is 4.25. The molecule has 0 saturated carbocycles. The average Bonchev–Trinajstić information content (AvgIpc) is 2.16. The van der Waals surface area contributed by atoms with E-state index in [9.17, 15) is 9.59 Å². The van der Waals surface area contributed by atoms with Crippen molar-refractivity contribution in [3.8, 4) is 0 Å². The van der Waals surface area contributed by atoms with Gasteiger partial charge >= 0.3 is 5.97 Å². The van der Waals surface area contributed by atoms with Crippen molar-refractivity contribution in [3.63, 3.8) is 0 Å². The molecule has 0 heterocycles. The van der Waals surface area contributed by atoms with Crippen LogP contribution in [-0.2, 0) is 4.79 Å². The molecule has 0 aliphatic rings. The average molecular weight is 225 g/mol. The quantitative estimate of drug-likeness (QED) is 0.756. The smallest absolute Gasteiger partial charge is 0.335 e. The van der Waals surface area contributed by atoms with Crippen LogP contribution in [0.15, 0.2) is 23.1 Å². The molecule has 0 unspecified atom stereocenters. The molecule has 1 aromatic carbocycles. The van der Waals surface area contributed by atoms with Crippen molar-refractivity contribution in [2.45, 2.75) is 11.8 Å². The van der Waals surface area contributed by atoms with Crippen molar-refractivity contribution in [1.82, 2.24) is 0 Å². The van der Waals surface area contributed by atoms with E-state index >= 15 is 0 Å². The summed E-state index contributed by atoms with van der Waals surface area (Å²) in [5, 5.41) is 8.87. The number of nitrogens with two attached hydrogens (primary N) is 1. The fourth-order valence-corrected chi connectivity index (χ4v) is 1.75. The highest BCUT2D eigenvalue weighted by Crippen LogP contribution is 2.21. The molecular weight excluding hydrogens is 214 g/mol. The Labute approximate surface area is 91.5 Å². The number of carbonyl (C=O) groups is 2. The molecule has 15 heavy (non-hydrogen) atoms. The first-order chi connectivity index (χ1) is 7.00. The Morgan fingerprint density at radius 1 is 1.47 bits per heavy atom. The van der Waals surface area contributed by atoms with Crippen LogP contribution >= 0.6 is 11.8 Å². The summed E-state index contributed by atoms with van der Waals surface area (Å²) in [6.07, 6.45) is 0. The molecule has 0 atom stereocenters. The van der Waals surface area contributed by atoms with E-state index in [0.29, 0.717) is 5.56 Å². The van der Waals surface area contributed by atoms with Gasteiger partial charge in [-0.3, -0.25) is 4.79 Å². The Morgan fingerprint density at radius 3 is 2.67 bits per heavy atom.